The largest absolute Gasteiger partial charge is 0.492 e. The van der Waals surface area contributed by atoms with E-state index >= 15 is 0 Å². The van der Waals surface area contributed by atoms with Crippen LogP contribution in [-0.4, -0.2) is 50.2 Å². The van der Waals surface area contributed by atoms with Crippen LogP contribution >= 0.6 is 24.8 Å². The standard InChI is InChI=1S/C18H23FN2O3.2ClH/c19-15-12-13(23-10-9-21-7-1-2-8-21)11-14-16(15)18(24-17(14)22)3-5-20-6-4-18;;/h11-12,20H,1-10H2;2*1H. The second kappa shape index (κ2) is 8.74. The molecule has 3 aliphatic rings. The zero-order valence-electron chi connectivity index (χ0n) is 14.6. The molecule has 1 N–H and O–H groups in total. The highest BCUT2D eigenvalue weighted by Crippen LogP contribution is 2.45. The Labute approximate surface area is 165 Å². The number of ether oxygens (including phenoxy) is 2. The molecule has 0 saturated carbocycles. The molecule has 8 heteroatoms. The molecule has 26 heavy (non-hydrogen) atoms. The first-order valence-corrected chi connectivity index (χ1v) is 8.81. The molecule has 2 saturated heterocycles. The Morgan fingerprint density at radius 2 is 1.88 bits per heavy atom. The van der Waals surface area contributed by atoms with Gasteiger partial charge in [0.05, 0.1) is 5.56 Å². The van der Waals surface area contributed by atoms with Crippen LogP contribution in [0.4, 0.5) is 4.39 Å². The summed E-state index contributed by atoms with van der Waals surface area (Å²) in [6.07, 6.45) is 3.68. The van der Waals surface area contributed by atoms with Gasteiger partial charge in [-0.3, -0.25) is 4.90 Å². The smallest absolute Gasteiger partial charge is 0.339 e. The van der Waals surface area contributed by atoms with Gasteiger partial charge in [0.15, 0.2) is 0 Å². The Kier molecular flexibility index (Phi) is 7.13. The molecule has 0 unspecified atom stereocenters. The fraction of sp³-hybridized carbons (Fsp3) is 0.611. The number of likely N-dealkylation sites (tertiary alicyclic amines) is 1. The van der Waals surface area contributed by atoms with Crippen LogP contribution in [0, 0.1) is 5.82 Å². The minimum atomic E-state index is -0.796. The van der Waals surface area contributed by atoms with E-state index in [1.165, 1.54) is 18.9 Å². The van der Waals surface area contributed by atoms with Crippen molar-refractivity contribution < 1.29 is 18.7 Å². The molecule has 5 nitrogen and oxygen atoms in total. The van der Waals surface area contributed by atoms with Crippen molar-refractivity contribution in [3.63, 3.8) is 0 Å². The van der Waals surface area contributed by atoms with Crippen LogP contribution in [0.2, 0.25) is 0 Å². The third-order valence-corrected chi connectivity index (χ3v) is 5.31. The lowest BCUT2D eigenvalue weighted by atomic mass is 9.84. The molecule has 0 aliphatic carbocycles. The number of benzene rings is 1. The molecular formula is C18H25Cl2FN2O3. The number of piperidine rings is 1. The number of esters is 1. The van der Waals surface area contributed by atoms with Crippen LogP contribution in [-0.2, 0) is 10.3 Å². The number of hydrogen-bond acceptors (Lipinski definition) is 5. The fourth-order valence-corrected chi connectivity index (χ4v) is 4.05. The number of fused-ring (bicyclic) bond motifs is 2. The normalized spacial score (nSPS) is 20.9. The van der Waals surface area contributed by atoms with E-state index in [2.05, 4.69) is 10.2 Å². The van der Waals surface area contributed by atoms with Gasteiger partial charge in [-0.15, -0.1) is 24.8 Å². The van der Waals surface area contributed by atoms with Crippen molar-refractivity contribution in [1.82, 2.24) is 10.2 Å². The first-order chi connectivity index (χ1) is 11.7. The lowest BCUT2D eigenvalue weighted by molar-refractivity contribution is -0.0255. The van der Waals surface area contributed by atoms with Gasteiger partial charge in [-0.2, -0.15) is 0 Å². The summed E-state index contributed by atoms with van der Waals surface area (Å²) in [7, 11) is 0. The Morgan fingerprint density at radius 3 is 2.58 bits per heavy atom. The van der Waals surface area contributed by atoms with Crippen molar-refractivity contribution in [2.24, 2.45) is 0 Å². The first-order valence-electron chi connectivity index (χ1n) is 8.81. The molecule has 0 amide bonds. The van der Waals surface area contributed by atoms with Crippen LogP contribution in [0.15, 0.2) is 12.1 Å². The van der Waals surface area contributed by atoms with Crippen molar-refractivity contribution in [2.75, 3.05) is 39.3 Å². The SMILES string of the molecule is Cl.Cl.O=C1OC2(CCNCC2)c2c(F)cc(OCCN3CCCC3)cc21. The molecule has 0 aromatic heterocycles. The Balaban J connectivity index is 0.00000121. The molecule has 1 aromatic carbocycles. The minimum absolute atomic E-state index is 0. The maximum absolute atomic E-state index is 14.7. The van der Waals surface area contributed by atoms with Gasteiger partial charge >= 0.3 is 5.97 Å². The minimum Gasteiger partial charge on any atom is -0.492 e. The van der Waals surface area contributed by atoms with E-state index in [0.717, 1.165) is 32.7 Å². The second-order valence-electron chi connectivity index (χ2n) is 6.86. The third-order valence-electron chi connectivity index (χ3n) is 5.31. The zero-order chi connectivity index (χ0) is 16.6. The van der Waals surface area contributed by atoms with Crippen molar-refractivity contribution in [1.29, 1.82) is 0 Å². The predicted molar refractivity (Wildman–Crippen MR) is 101 cm³/mol. The number of hydrogen-bond donors (Lipinski definition) is 1. The van der Waals surface area contributed by atoms with E-state index in [0.29, 0.717) is 36.3 Å². The lowest BCUT2D eigenvalue weighted by Crippen LogP contribution is -2.40. The molecule has 146 valence electrons. The molecule has 1 aromatic rings. The average Bonchev–Trinajstić information content (AvgIpc) is 3.16. The summed E-state index contributed by atoms with van der Waals surface area (Å²) in [4.78, 5) is 14.6. The fourth-order valence-electron chi connectivity index (χ4n) is 4.05. The van der Waals surface area contributed by atoms with E-state index in [9.17, 15) is 9.18 Å². The molecule has 0 atom stereocenters. The predicted octanol–water partition coefficient (Wildman–Crippen LogP) is 2.89. The molecule has 3 aliphatic heterocycles. The van der Waals surface area contributed by atoms with Gasteiger partial charge in [-0.1, -0.05) is 0 Å². The highest BCUT2D eigenvalue weighted by atomic mass is 35.5. The second-order valence-corrected chi connectivity index (χ2v) is 6.86. The van der Waals surface area contributed by atoms with Crippen LogP contribution in [0.1, 0.15) is 41.6 Å². The summed E-state index contributed by atoms with van der Waals surface area (Å²) < 4.78 is 26.0. The number of carbonyl (C=O) groups excluding carboxylic acids is 1. The zero-order valence-corrected chi connectivity index (χ0v) is 16.2. The molecule has 3 heterocycles. The summed E-state index contributed by atoms with van der Waals surface area (Å²) in [6.45, 7) is 4.98. The van der Waals surface area contributed by atoms with Crippen molar-refractivity contribution >= 4 is 30.8 Å². The van der Waals surface area contributed by atoms with E-state index in [1.54, 1.807) is 6.07 Å². The Hall–Kier alpha value is -1.08. The summed E-state index contributed by atoms with van der Waals surface area (Å²) in [5.41, 5.74) is -0.0514. The molecule has 1 spiro atoms. The van der Waals surface area contributed by atoms with Gasteiger partial charge < -0.3 is 14.8 Å². The summed E-state index contributed by atoms with van der Waals surface area (Å²) in [5.74, 6) is -0.416. The van der Waals surface area contributed by atoms with Gasteiger partial charge in [-0.05, 0) is 45.1 Å². The summed E-state index contributed by atoms with van der Waals surface area (Å²) >= 11 is 0. The maximum Gasteiger partial charge on any atom is 0.339 e. The first kappa shape index (κ1) is 21.2. The molecule has 2 fully saturated rings. The van der Waals surface area contributed by atoms with Crippen molar-refractivity contribution in [3.05, 3.63) is 29.1 Å². The van der Waals surface area contributed by atoms with Gasteiger partial charge in [0.25, 0.3) is 0 Å². The number of nitrogens with zero attached hydrogens (tertiary/aromatic N) is 1. The lowest BCUT2D eigenvalue weighted by Gasteiger charge is -2.33. The van der Waals surface area contributed by atoms with Crippen LogP contribution in [0.3, 0.4) is 0 Å². The molecular weight excluding hydrogens is 382 g/mol. The quantitative estimate of drug-likeness (QED) is 0.778. The van der Waals surface area contributed by atoms with Crippen LogP contribution < -0.4 is 10.1 Å². The molecule has 4 rings (SSSR count). The van der Waals surface area contributed by atoms with Gasteiger partial charge in [0, 0.05) is 31.0 Å². The highest BCUT2D eigenvalue weighted by Gasteiger charge is 2.48. The van der Waals surface area contributed by atoms with E-state index in [4.69, 9.17) is 9.47 Å². The summed E-state index contributed by atoms with van der Waals surface area (Å²) in [6, 6.07) is 3.04. The number of rotatable bonds is 4. The highest BCUT2D eigenvalue weighted by molar-refractivity contribution is 5.95. The van der Waals surface area contributed by atoms with Crippen molar-refractivity contribution in [3.8, 4) is 5.75 Å². The van der Waals surface area contributed by atoms with Crippen LogP contribution in [0.5, 0.6) is 5.75 Å². The average molecular weight is 407 g/mol. The third kappa shape index (κ3) is 3.93. The van der Waals surface area contributed by atoms with E-state index in [-0.39, 0.29) is 24.8 Å². The van der Waals surface area contributed by atoms with Gasteiger partial charge in [-0.25, -0.2) is 9.18 Å². The van der Waals surface area contributed by atoms with E-state index < -0.39 is 17.4 Å². The van der Waals surface area contributed by atoms with Crippen LogP contribution in [0.25, 0.3) is 0 Å². The van der Waals surface area contributed by atoms with E-state index in [1.807, 2.05) is 0 Å². The monoisotopic (exact) mass is 406 g/mol. The molecule has 0 radical (unpaired) electrons. The Morgan fingerprint density at radius 1 is 1.19 bits per heavy atom. The van der Waals surface area contributed by atoms with Gasteiger partial charge in [0.1, 0.15) is 23.8 Å². The number of nitrogens with one attached hydrogen (secondary N) is 1. The van der Waals surface area contributed by atoms with Crippen molar-refractivity contribution in [2.45, 2.75) is 31.3 Å². The molecule has 0 bridgehead atoms. The topological polar surface area (TPSA) is 50.8 Å². The Bertz CT molecular complexity index is 648. The van der Waals surface area contributed by atoms with Gasteiger partial charge in [0.2, 0.25) is 0 Å². The number of carbonyl (C=O) groups is 1. The maximum atomic E-state index is 14.7. The summed E-state index contributed by atoms with van der Waals surface area (Å²) in [5, 5.41) is 3.22. The number of halogens is 3.